The van der Waals surface area contributed by atoms with Crippen molar-refractivity contribution in [3.05, 3.63) is 164 Å². The maximum absolute atomic E-state index is 7.05. The highest BCUT2D eigenvalue weighted by atomic mass is 32.1. The van der Waals surface area contributed by atoms with Crippen LogP contribution in [0.15, 0.2) is 168 Å². The molecule has 51 heavy (non-hydrogen) atoms. The van der Waals surface area contributed by atoms with E-state index in [1.807, 2.05) is 17.4 Å². The van der Waals surface area contributed by atoms with Gasteiger partial charge in [0.15, 0.2) is 11.4 Å². The van der Waals surface area contributed by atoms with Crippen molar-refractivity contribution >= 4 is 75.3 Å². The molecule has 11 rings (SSSR count). The van der Waals surface area contributed by atoms with Crippen molar-refractivity contribution in [3.63, 3.8) is 0 Å². The van der Waals surface area contributed by atoms with Crippen LogP contribution in [-0.2, 0) is 0 Å². The zero-order valence-electron chi connectivity index (χ0n) is 27.2. The third-order valence-corrected chi connectivity index (χ3v) is 11.2. The Morgan fingerprint density at radius 1 is 0.451 bits per heavy atom. The number of aromatic nitrogens is 3. The Labute approximate surface area is 296 Å². The van der Waals surface area contributed by atoms with E-state index in [-0.39, 0.29) is 0 Å². The summed E-state index contributed by atoms with van der Waals surface area (Å²) in [5.41, 5.74) is 9.62. The molecule has 0 aliphatic heterocycles. The van der Waals surface area contributed by atoms with E-state index in [9.17, 15) is 0 Å². The first kappa shape index (κ1) is 28.3. The van der Waals surface area contributed by atoms with Crippen molar-refractivity contribution in [1.82, 2.24) is 14.5 Å². The van der Waals surface area contributed by atoms with Gasteiger partial charge in [-0.25, -0.2) is 9.97 Å². The number of hydrogen-bond acceptors (Lipinski definition) is 4. The SMILES string of the molecule is c1ccc(-c2cc(-c3cccc4c3oc3c4ccc4c5ccccc5n(-c5ccccc5)c43)nc(-c3ccc4sc5ccccc5c4c3)n2)cc1. The van der Waals surface area contributed by atoms with E-state index in [1.54, 1.807) is 0 Å². The molecule has 0 fully saturated rings. The first-order chi connectivity index (χ1) is 25.3. The van der Waals surface area contributed by atoms with Crippen LogP contribution in [-0.4, -0.2) is 14.5 Å². The monoisotopic (exact) mass is 669 g/mol. The summed E-state index contributed by atoms with van der Waals surface area (Å²) in [4.78, 5) is 10.4. The first-order valence-electron chi connectivity index (χ1n) is 17.1. The van der Waals surface area contributed by atoms with Gasteiger partial charge in [0.25, 0.3) is 0 Å². The fourth-order valence-corrected chi connectivity index (χ4v) is 8.77. The van der Waals surface area contributed by atoms with E-state index in [0.29, 0.717) is 5.82 Å². The second-order valence-corrected chi connectivity index (χ2v) is 14.0. The van der Waals surface area contributed by atoms with Crippen LogP contribution in [0.4, 0.5) is 0 Å². The van der Waals surface area contributed by atoms with Gasteiger partial charge in [0, 0.05) is 64.1 Å². The van der Waals surface area contributed by atoms with Crippen LogP contribution in [0.25, 0.3) is 104 Å². The molecule has 4 aromatic heterocycles. The summed E-state index contributed by atoms with van der Waals surface area (Å²) in [6, 6.07) is 57.6. The van der Waals surface area contributed by atoms with E-state index in [0.717, 1.165) is 72.1 Å². The highest BCUT2D eigenvalue weighted by molar-refractivity contribution is 7.25. The highest BCUT2D eigenvalue weighted by Crippen LogP contribution is 2.43. The van der Waals surface area contributed by atoms with Crippen molar-refractivity contribution in [2.45, 2.75) is 0 Å². The predicted octanol–water partition coefficient (Wildman–Crippen LogP) is 12.8. The summed E-state index contributed by atoms with van der Waals surface area (Å²) < 4.78 is 11.9. The Morgan fingerprint density at radius 3 is 2.02 bits per heavy atom. The van der Waals surface area contributed by atoms with Gasteiger partial charge < -0.3 is 8.98 Å². The summed E-state index contributed by atoms with van der Waals surface area (Å²) >= 11 is 1.82. The van der Waals surface area contributed by atoms with Crippen LogP contribution in [0, 0.1) is 0 Å². The number of para-hydroxylation sites is 3. The van der Waals surface area contributed by atoms with Crippen molar-refractivity contribution < 1.29 is 4.42 Å². The molecular weight excluding hydrogens is 643 g/mol. The second kappa shape index (κ2) is 11.0. The molecule has 0 bridgehead atoms. The van der Waals surface area contributed by atoms with Gasteiger partial charge in [-0.1, -0.05) is 103 Å². The van der Waals surface area contributed by atoms with Gasteiger partial charge in [0.05, 0.1) is 22.4 Å². The van der Waals surface area contributed by atoms with Gasteiger partial charge in [0.2, 0.25) is 0 Å². The van der Waals surface area contributed by atoms with E-state index in [1.165, 1.54) is 25.6 Å². The lowest BCUT2D eigenvalue weighted by Crippen LogP contribution is -1.96. The van der Waals surface area contributed by atoms with Gasteiger partial charge in [-0.2, -0.15) is 0 Å². The van der Waals surface area contributed by atoms with Crippen LogP contribution in [0.5, 0.6) is 0 Å². The van der Waals surface area contributed by atoms with Crippen molar-refractivity contribution in [2.75, 3.05) is 0 Å². The standard InChI is InChI=1S/C46H27N3OS/c1-3-12-28(13-4-1)38-27-39(48-46(47-38)29-22-25-42-37(26-29)32-17-8-10-21-41(32)51-42)36-19-11-18-34-35-24-23-33-31-16-7-9-20-40(31)49(30-14-5-2-6-15-30)43(33)45(35)50-44(34)36/h1-27H. The molecule has 0 unspecified atom stereocenters. The minimum Gasteiger partial charge on any atom is -0.453 e. The van der Waals surface area contributed by atoms with Crippen molar-refractivity contribution in [1.29, 1.82) is 0 Å². The quantitative estimate of drug-likeness (QED) is 0.187. The summed E-state index contributed by atoms with van der Waals surface area (Å²) in [6.45, 7) is 0. The molecule has 11 aromatic rings. The Kier molecular flexibility index (Phi) is 6.09. The molecule has 0 amide bonds. The third-order valence-electron chi connectivity index (χ3n) is 10.0. The maximum Gasteiger partial charge on any atom is 0.160 e. The largest absolute Gasteiger partial charge is 0.453 e. The van der Waals surface area contributed by atoms with E-state index < -0.39 is 0 Å². The molecule has 0 atom stereocenters. The van der Waals surface area contributed by atoms with Crippen LogP contribution in [0.1, 0.15) is 0 Å². The number of hydrogen-bond donors (Lipinski definition) is 0. The van der Waals surface area contributed by atoms with Gasteiger partial charge in [-0.15, -0.1) is 11.3 Å². The zero-order chi connectivity index (χ0) is 33.5. The number of rotatable bonds is 4. The minimum atomic E-state index is 0.684. The lowest BCUT2D eigenvalue weighted by molar-refractivity contribution is 0.672. The molecular formula is C46H27N3OS. The molecule has 0 radical (unpaired) electrons. The molecule has 0 aliphatic carbocycles. The number of fused-ring (bicyclic) bond motifs is 10. The normalized spacial score (nSPS) is 11.9. The van der Waals surface area contributed by atoms with Crippen LogP contribution < -0.4 is 0 Å². The van der Waals surface area contributed by atoms with Crippen molar-refractivity contribution in [3.8, 4) is 39.6 Å². The summed E-state index contributed by atoms with van der Waals surface area (Å²) in [6.07, 6.45) is 0. The zero-order valence-corrected chi connectivity index (χ0v) is 28.1. The van der Waals surface area contributed by atoms with E-state index in [2.05, 4.69) is 162 Å². The van der Waals surface area contributed by atoms with Gasteiger partial charge in [-0.05, 0) is 60.7 Å². The molecule has 0 saturated carbocycles. The number of furan rings is 1. The summed E-state index contributed by atoms with van der Waals surface area (Å²) in [7, 11) is 0. The lowest BCUT2D eigenvalue weighted by atomic mass is 10.0. The number of benzene rings is 7. The Hall–Kier alpha value is -6.56. The van der Waals surface area contributed by atoms with Gasteiger partial charge in [-0.3, -0.25) is 0 Å². The van der Waals surface area contributed by atoms with E-state index >= 15 is 0 Å². The molecule has 0 spiro atoms. The molecule has 7 aromatic carbocycles. The molecule has 4 heterocycles. The smallest absolute Gasteiger partial charge is 0.160 e. The molecule has 238 valence electrons. The predicted molar refractivity (Wildman–Crippen MR) is 213 cm³/mol. The number of nitrogens with zero attached hydrogens (tertiary/aromatic N) is 3. The summed E-state index contributed by atoms with van der Waals surface area (Å²) in [5, 5.41) is 6.97. The average Bonchev–Trinajstić information content (AvgIpc) is 3.88. The molecule has 0 saturated heterocycles. The number of thiophene rings is 1. The van der Waals surface area contributed by atoms with Gasteiger partial charge >= 0.3 is 0 Å². The topological polar surface area (TPSA) is 43.9 Å². The first-order valence-corrected chi connectivity index (χ1v) is 17.9. The minimum absolute atomic E-state index is 0.684. The van der Waals surface area contributed by atoms with Crippen LogP contribution >= 0.6 is 11.3 Å². The van der Waals surface area contributed by atoms with Crippen molar-refractivity contribution in [2.24, 2.45) is 0 Å². The average molecular weight is 670 g/mol. The van der Waals surface area contributed by atoms with Crippen LogP contribution in [0.3, 0.4) is 0 Å². The fraction of sp³-hybridized carbons (Fsp3) is 0. The fourth-order valence-electron chi connectivity index (χ4n) is 7.69. The lowest BCUT2D eigenvalue weighted by Gasteiger charge is -2.10. The molecule has 0 aliphatic rings. The molecule has 4 nitrogen and oxygen atoms in total. The summed E-state index contributed by atoms with van der Waals surface area (Å²) in [5.74, 6) is 0.684. The highest BCUT2D eigenvalue weighted by Gasteiger charge is 2.21. The molecule has 5 heteroatoms. The Morgan fingerprint density at radius 2 is 1.14 bits per heavy atom. The van der Waals surface area contributed by atoms with Gasteiger partial charge in [0.1, 0.15) is 5.58 Å². The third kappa shape index (κ3) is 4.32. The Balaban J connectivity index is 1.18. The molecule has 0 N–H and O–H groups in total. The maximum atomic E-state index is 7.05. The second-order valence-electron chi connectivity index (χ2n) is 12.9. The van der Waals surface area contributed by atoms with E-state index in [4.69, 9.17) is 14.4 Å². The Bertz CT molecular complexity index is 3140. The van der Waals surface area contributed by atoms with Crippen LogP contribution in [0.2, 0.25) is 0 Å².